The van der Waals surface area contributed by atoms with Crippen molar-refractivity contribution in [2.24, 2.45) is 0 Å². The molecule has 2 rings (SSSR count). The largest absolute Gasteiger partial charge is 0.550 e. The van der Waals surface area contributed by atoms with Gasteiger partial charge in [0.15, 0.2) is 0 Å². The second kappa shape index (κ2) is 5.40. The lowest BCUT2D eigenvalue weighted by atomic mass is 10.1. The first-order valence-corrected chi connectivity index (χ1v) is 5.98. The highest BCUT2D eigenvalue weighted by Crippen LogP contribution is 2.26. The molecule has 0 unspecified atom stereocenters. The molecule has 102 valence electrons. The second-order valence-electron chi connectivity index (χ2n) is 4.12. The number of pyridine rings is 1. The van der Waals surface area contributed by atoms with E-state index >= 15 is 0 Å². The van der Waals surface area contributed by atoms with Crippen molar-refractivity contribution in [2.75, 3.05) is 5.73 Å². The standard InChI is InChI=1S/C13H13N5O2/c1-2-18-13(15)10(6-14)12(17-18)8-3-4-9(16-7-8)5-11(19)20/h3-4,7H,2,5,15H2,1H3,(H,19,20)/p-1. The number of carbonyl (C=O) groups is 1. The Hall–Kier alpha value is -2.88. The van der Waals surface area contributed by atoms with Gasteiger partial charge in [0.05, 0.1) is 0 Å². The van der Waals surface area contributed by atoms with Crippen LogP contribution in [0.3, 0.4) is 0 Å². The minimum atomic E-state index is -1.19. The first-order chi connectivity index (χ1) is 9.56. The molecule has 2 aromatic rings. The third-order valence-electron chi connectivity index (χ3n) is 2.83. The fraction of sp³-hybridized carbons (Fsp3) is 0.231. The molecule has 0 amide bonds. The number of anilines is 1. The van der Waals surface area contributed by atoms with Crippen molar-refractivity contribution in [1.29, 1.82) is 5.26 Å². The highest BCUT2D eigenvalue weighted by atomic mass is 16.4. The van der Waals surface area contributed by atoms with E-state index in [-0.39, 0.29) is 6.42 Å². The third kappa shape index (κ3) is 2.44. The number of aliphatic carboxylic acids is 1. The summed E-state index contributed by atoms with van der Waals surface area (Å²) in [5.74, 6) is -0.883. The summed E-state index contributed by atoms with van der Waals surface area (Å²) in [4.78, 5) is 14.5. The minimum Gasteiger partial charge on any atom is -0.550 e. The Bertz CT molecular complexity index is 682. The van der Waals surface area contributed by atoms with Crippen LogP contribution in [0.1, 0.15) is 18.2 Å². The monoisotopic (exact) mass is 270 g/mol. The van der Waals surface area contributed by atoms with E-state index in [1.807, 2.05) is 13.0 Å². The molecule has 2 aromatic heterocycles. The number of aromatic nitrogens is 3. The van der Waals surface area contributed by atoms with Crippen LogP contribution in [-0.2, 0) is 17.8 Å². The SMILES string of the molecule is CCn1nc(-c2ccc(CC(=O)[O-])nc2)c(C#N)c1N. The van der Waals surface area contributed by atoms with Crippen molar-refractivity contribution < 1.29 is 9.90 Å². The van der Waals surface area contributed by atoms with Crippen molar-refractivity contribution in [3.8, 4) is 17.3 Å². The molecule has 0 aliphatic rings. The number of rotatable bonds is 4. The van der Waals surface area contributed by atoms with Crippen LogP contribution in [0.15, 0.2) is 18.3 Å². The lowest BCUT2D eigenvalue weighted by Crippen LogP contribution is -2.24. The molecule has 0 aliphatic carbocycles. The molecule has 2 heterocycles. The Morgan fingerprint density at radius 1 is 1.55 bits per heavy atom. The third-order valence-corrected chi connectivity index (χ3v) is 2.83. The Morgan fingerprint density at radius 2 is 2.30 bits per heavy atom. The molecule has 0 fully saturated rings. The van der Waals surface area contributed by atoms with Crippen LogP contribution >= 0.6 is 0 Å². The van der Waals surface area contributed by atoms with Crippen molar-refractivity contribution in [2.45, 2.75) is 19.9 Å². The van der Waals surface area contributed by atoms with Gasteiger partial charge in [-0.2, -0.15) is 10.4 Å². The van der Waals surface area contributed by atoms with Crippen LogP contribution in [0.4, 0.5) is 5.82 Å². The molecular weight excluding hydrogens is 258 g/mol. The molecule has 2 N–H and O–H groups in total. The number of hydrogen-bond acceptors (Lipinski definition) is 6. The van der Waals surface area contributed by atoms with Crippen LogP contribution in [0.5, 0.6) is 0 Å². The van der Waals surface area contributed by atoms with E-state index in [9.17, 15) is 9.90 Å². The smallest absolute Gasteiger partial charge is 0.140 e. The summed E-state index contributed by atoms with van der Waals surface area (Å²) in [6.45, 7) is 2.42. The van der Waals surface area contributed by atoms with E-state index in [4.69, 9.17) is 11.0 Å². The quantitative estimate of drug-likeness (QED) is 0.815. The van der Waals surface area contributed by atoms with Gasteiger partial charge < -0.3 is 15.6 Å². The Labute approximate surface area is 115 Å². The fourth-order valence-corrected chi connectivity index (χ4v) is 1.85. The van der Waals surface area contributed by atoms with E-state index < -0.39 is 5.97 Å². The van der Waals surface area contributed by atoms with E-state index in [1.165, 1.54) is 10.9 Å². The molecule has 20 heavy (non-hydrogen) atoms. The van der Waals surface area contributed by atoms with Crippen LogP contribution in [0.25, 0.3) is 11.3 Å². The van der Waals surface area contributed by atoms with Gasteiger partial charge >= 0.3 is 0 Å². The molecule has 0 radical (unpaired) electrons. The van der Waals surface area contributed by atoms with Gasteiger partial charge in [0.2, 0.25) is 0 Å². The molecule has 0 saturated carbocycles. The summed E-state index contributed by atoms with van der Waals surface area (Å²) < 4.78 is 1.53. The topological polar surface area (TPSA) is 121 Å². The summed E-state index contributed by atoms with van der Waals surface area (Å²) in [6, 6.07) is 5.25. The Kier molecular flexibility index (Phi) is 3.66. The van der Waals surface area contributed by atoms with E-state index in [0.29, 0.717) is 34.9 Å². The maximum atomic E-state index is 10.5. The highest BCUT2D eigenvalue weighted by molar-refractivity contribution is 5.72. The van der Waals surface area contributed by atoms with E-state index in [0.717, 1.165) is 0 Å². The molecular formula is C13H12N5O2-. The number of hydrogen-bond donors (Lipinski definition) is 1. The van der Waals surface area contributed by atoms with Gasteiger partial charge in [-0.3, -0.25) is 4.98 Å². The molecule has 0 spiro atoms. The van der Waals surface area contributed by atoms with E-state index in [1.54, 1.807) is 12.1 Å². The summed E-state index contributed by atoms with van der Waals surface area (Å²) >= 11 is 0. The average Bonchev–Trinajstić information content (AvgIpc) is 2.75. The lowest BCUT2D eigenvalue weighted by Gasteiger charge is -2.02. The first kappa shape index (κ1) is 13.5. The molecule has 0 saturated heterocycles. The number of carboxylic acids is 1. The molecule has 0 aromatic carbocycles. The number of aryl methyl sites for hydroxylation is 1. The number of carbonyl (C=O) groups excluding carboxylic acids is 1. The van der Waals surface area contributed by atoms with Gasteiger partial charge in [-0.15, -0.1) is 0 Å². The fourth-order valence-electron chi connectivity index (χ4n) is 1.85. The predicted molar refractivity (Wildman–Crippen MR) is 69.0 cm³/mol. The molecule has 7 heteroatoms. The van der Waals surface area contributed by atoms with Gasteiger partial charge in [-0.25, -0.2) is 4.68 Å². The van der Waals surface area contributed by atoms with Crippen molar-refractivity contribution in [3.63, 3.8) is 0 Å². The van der Waals surface area contributed by atoms with E-state index in [2.05, 4.69) is 10.1 Å². The average molecular weight is 270 g/mol. The Balaban J connectivity index is 2.42. The zero-order chi connectivity index (χ0) is 14.7. The normalized spacial score (nSPS) is 10.2. The number of nitrogen functional groups attached to an aromatic ring is 1. The summed E-state index contributed by atoms with van der Waals surface area (Å²) in [5, 5.41) is 23.9. The maximum absolute atomic E-state index is 10.5. The number of nitrogens with zero attached hydrogens (tertiary/aromatic N) is 4. The van der Waals surface area contributed by atoms with Gasteiger partial charge in [0.1, 0.15) is 23.1 Å². The zero-order valence-corrected chi connectivity index (χ0v) is 10.8. The summed E-state index contributed by atoms with van der Waals surface area (Å²) in [6.07, 6.45) is 1.22. The number of nitrogens with two attached hydrogens (primary N) is 1. The lowest BCUT2D eigenvalue weighted by molar-refractivity contribution is -0.304. The zero-order valence-electron chi connectivity index (χ0n) is 10.8. The number of carboxylic acid groups (broad SMARTS) is 1. The van der Waals surface area contributed by atoms with Crippen LogP contribution in [-0.4, -0.2) is 20.7 Å². The Morgan fingerprint density at radius 3 is 2.80 bits per heavy atom. The summed E-state index contributed by atoms with van der Waals surface area (Å²) in [5.41, 5.74) is 7.56. The molecule has 0 bridgehead atoms. The molecule has 0 aliphatic heterocycles. The van der Waals surface area contributed by atoms with Gasteiger partial charge in [-0.1, -0.05) is 0 Å². The van der Waals surface area contributed by atoms with Crippen LogP contribution in [0, 0.1) is 11.3 Å². The minimum absolute atomic E-state index is 0.253. The molecule has 0 atom stereocenters. The summed E-state index contributed by atoms with van der Waals surface area (Å²) in [7, 11) is 0. The number of nitriles is 1. The van der Waals surface area contributed by atoms with Crippen molar-refractivity contribution in [3.05, 3.63) is 29.6 Å². The van der Waals surface area contributed by atoms with Crippen LogP contribution < -0.4 is 10.8 Å². The van der Waals surface area contributed by atoms with Gasteiger partial charge in [0.25, 0.3) is 0 Å². The highest BCUT2D eigenvalue weighted by Gasteiger charge is 2.16. The van der Waals surface area contributed by atoms with Gasteiger partial charge in [-0.05, 0) is 19.1 Å². The molecule has 7 nitrogen and oxygen atoms in total. The second-order valence-corrected chi connectivity index (χ2v) is 4.12. The van der Waals surface area contributed by atoms with Gasteiger partial charge in [0, 0.05) is 36.4 Å². The van der Waals surface area contributed by atoms with Crippen molar-refractivity contribution >= 4 is 11.8 Å². The maximum Gasteiger partial charge on any atom is 0.140 e. The van der Waals surface area contributed by atoms with Crippen molar-refractivity contribution in [1.82, 2.24) is 14.8 Å². The predicted octanol–water partition coefficient (Wildman–Crippen LogP) is -0.289. The van der Waals surface area contributed by atoms with Crippen LogP contribution in [0.2, 0.25) is 0 Å². The first-order valence-electron chi connectivity index (χ1n) is 5.98.